The smallest absolute Gasteiger partial charge is 0.187 e. The first-order chi connectivity index (χ1) is 21.3. The van der Waals surface area contributed by atoms with Crippen LogP contribution in [-0.4, -0.2) is 109 Å². The molecule has 1 heterocycles. The van der Waals surface area contributed by atoms with Crippen LogP contribution in [0.2, 0.25) is 0 Å². The van der Waals surface area contributed by atoms with Gasteiger partial charge in [-0.3, -0.25) is 0 Å². The third kappa shape index (κ3) is 5.37. The summed E-state index contributed by atoms with van der Waals surface area (Å²) in [6.45, 7) is 14.3. The van der Waals surface area contributed by atoms with Crippen molar-refractivity contribution in [1.82, 2.24) is 0 Å². The van der Waals surface area contributed by atoms with Crippen molar-refractivity contribution in [3.05, 3.63) is 11.6 Å². The largest absolute Gasteiger partial charge is 0.394 e. The highest BCUT2D eigenvalue weighted by molar-refractivity contribution is 5.21. The van der Waals surface area contributed by atoms with E-state index in [9.17, 15) is 40.9 Å². The zero-order chi connectivity index (χ0) is 34.2. The fraction of sp³-hybridized carbons (Fsp3) is 0.944. The van der Waals surface area contributed by atoms with Crippen LogP contribution in [0.4, 0.5) is 0 Å². The van der Waals surface area contributed by atoms with Gasteiger partial charge in [-0.05, 0) is 98.7 Å². The van der Waals surface area contributed by atoms with Crippen molar-refractivity contribution in [2.45, 2.75) is 154 Å². The molecular weight excluding hydrogens is 592 g/mol. The monoisotopic (exact) mass is 654 g/mol. The second kappa shape index (κ2) is 12.6. The van der Waals surface area contributed by atoms with Crippen LogP contribution in [-0.2, 0) is 9.47 Å². The summed E-state index contributed by atoms with van der Waals surface area (Å²) in [5, 5.41) is 86.3. The molecule has 0 aromatic rings. The van der Waals surface area contributed by atoms with Gasteiger partial charge in [0.05, 0.1) is 37.1 Å². The number of fused-ring (bicyclic) bond motifs is 5. The molecule has 1 aliphatic heterocycles. The lowest BCUT2D eigenvalue weighted by Crippen LogP contribution is -2.70. The van der Waals surface area contributed by atoms with Crippen molar-refractivity contribution < 1.29 is 50.3 Å². The third-order valence-electron chi connectivity index (χ3n) is 14.9. The Balaban J connectivity index is 1.50. The van der Waals surface area contributed by atoms with E-state index in [1.54, 1.807) is 0 Å². The van der Waals surface area contributed by atoms with E-state index < -0.39 is 66.6 Å². The number of ether oxygens (including phenoxy) is 2. The molecule has 5 rings (SSSR count). The molecule has 8 N–H and O–H groups in total. The normalized spacial score (nSPS) is 51.9. The molecule has 1 saturated heterocycles. The van der Waals surface area contributed by atoms with Crippen molar-refractivity contribution >= 4 is 0 Å². The number of rotatable bonds is 8. The number of aliphatic hydroxyl groups is 8. The van der Waals surface area contributed by atoms with Gasteiger partial charge >= 0.3 is 0 Å². The van der Waals surface area contributed by atoms with Gasteiger partial charge in [0.25, 0.3) is 0 Å². The van der Waals surface area contributed by atoms with Crippen LogP contribution in [0, 0.1) is 45.3 Å². The second-order valence-corrected chi connectivity index (χ2v) is 17.3. The van der Waals surface area contributed by atoms with Gasteiger partial charge in [0.2, 0.25) is 0 Å². The van der Waals surface area contributed by atoms with E-state index in [0.29, 0.717) is 25.7 Å². The predicted octanol–water partition coefficient (Wildman–Crippen LogP) is 2.27. The van der Waals surface area contributed by atoms with Crippen molar-refractivity contribution in [1.29, 1.82) is 0 Å². The van der Waals surface area contributed by atoms with Crippen molar-refractivity contribution in [3.8, 4) is 0 Å². The van der Waals surface area contributed by atoms with Crippen LogP contribution in [0.5, 0.6) is 0 Å². The molecule has 4 aliphatic carbocycles. The van der Waals surface area contributed by atoms with Crippen LogP contribution in [0.15, 0.2) is 11.6 Å². The second-order valence-electron chi connectivity index (χ2n) is 17.3. The van der Waals surface area contributed by atoms with Crippen molar-refractivity contribution in [3.63, 3.8) is 0 Å². The molecule has 0 unspecified atom stereocenters. The Labute approximate surface area is 274 Å². The SMILES string of the molecule is C/C(=C\CC[C@](C)(O[C@@H]1O[C@H](CO)[C@@H](O)[C@H](O)[C@H]1O)[C@H]1CC[C@]2(C)[C@@H]1[C@H](O)C[C@@H]1[C@@]3(C)[C@H](CC[C@]12C)C(C)(C)[C@H](O)C[C@@H]3O)CO. The van der Waals surface area contributed by atoms with Gasteiger partial charge in [0.1, 0.15) is 24.4 Å². The Morgan fingerprint density at radius 2 is 1.50 bits per heavy atom. The van der Waals surface area contributed by atoms with Crippen molar-refractivity contribution in [2.75, 3.05) is 13.2 Å². The molecule has 10 heteroatoms. The number of aliphatic hydroxyl groups excluding tert-OH is 8. The van der Waals surface area contributed by atoms with Crippen LogP contribution in [0.3, 0.4) is 0 Å². The lowest BCUT2D eigenvalue weighted by atomic mass is 9.34. The molecule has 4 saturated carbocycles. The average molecular weight is 655 g/mol. The fourth-order valence-electron chi connectivity index (χ4n) is 11.8. The fourth-order valence-corrected chi connectivity index (χ4v) is 11.8. The minimum absolute atomic E-state index is 0.0447. The first kappa shape index (κ1) is 36.6. The molecule has 0 bridgehead atoms. The molecule has 0 spiro atoms. The molecule has 0 amide bonds. The molecule has 5 fully saturated rings. The summed E-state index contributed by atoms with van der Waals surface area (Å²) >= 11 is 0. The molecular formula is C36H62O10. The molecule has 5 aliphatic rings. The highest BCUT2D eigenvalue weighted by atomic mass is 16.7. The topological polar surface area (TPSA) is 180 Å². The summed E-state index contributed by atoms with van der Waals surface area (Å²) < 4.78 is 12.5. The summed E-state index contributed by atoms with van der Waals surface area (Å²) in [7, 11) is 0. The van der Waals surface area contributed by atoms with E-state index in [1.807, 2.05) is 19.9 Å². The van der Waals surface area contributed by atoms with Crippen LogP contribution in [0.25, 0.3) is 0 Å². The highest BCUT2D eigenvalue weighted by Gasteiger charge is 2.73. The molecule has 16 atom stereocenters. The minimum Gasteiger partial charge on any atom is -0.394 e. The number of hydrogen-bond donors (Lipinski definition) is 8. The van der Waals surface area contributed by atoms with E-state index in [4.69, 9.17) is 9.47 Å². The maximum atomic E-state index is 12.3. The molecule has 10 nitrogen and oxygen atoms in total. The average Bonchev–Trinajstić information content (AvgIpc) is 3.38. The summed E-state index contributed by atoms with van der Waals surface area (Å²) in [6.07, 6.45) is -1.64. The molecule has 266 valence electrons. The van der Waals surface area contributed by atoms with Gasteiger partial charge in [0.15, 0.2) is 6.29 Å². The maximum Gasteiger partial charge on any atom is 0.187 e. The van der Waals surface area contributed by atoms with Gasteiger partial charge in [-0.15, -0.1) is 0 Å². The van der Waals surface area contributed by atoms with E-state index >= 15 is 0 Å². The summed E-state index contributed by atoms with van der Waals surface area (Å²) in [5.41, 5.74) is -1.44. The Hall–Kier alpha value is -0.660. The van der Waals surface area contributed by atoms with Gasteiger partial charge in [-0.25, -0.2) is 0 Å². The van der Waals surface area contributed by atoms with Crippen LogP contribution in [0.1, 0.15) is 99.8 Å². The van der Waals surface area contributed by atoms with E-state index in [1.165, 1.54) is 0 Å². The Bertz CT molecular complexity index is 1130. The first-order valence-corrected chi connectivity index (χ1v) is 17.6. The van der Waals surface area contributed by atoms with Crippen LogP contribution >= 0.6 is 0 Å². The Kier molecular flexibility index (Phi) is 10.0. The van der Waals surface area contributed by atoms with Gasteiger partial charge < -0.3 is 50.3 Å². The maximum absolute atomic E-state index is 12.3. The molecule has 0 radical (unpaired) electrons. The van der Waals surface area contributed by atoms with E-state index in [2.05, 4.69) is 34.6 Å². The Morgan fingerprint density at radius 3 is 2.13 bits per heavy atom. The third-order valence-corrected chi connectivity index (χ3v) is 14.9. The lowest BCUT2D eigenvalue weighted by Gasteiger charge is -2.71. The minimum atomic E-state index is -1.56. The summed E-state index contributed by atoms with van der Waals surface area (Å²) in [4.78, 5) is 0. The number of hydrogen-bond acceptors (Lipinski definition) is 10. The molecule has 0 aromatic carbocycles. The molecule has 0 aromatic heterocycles. The zero-order valence-corrected chi connectivity index (χ0v) is 29.0. The van der Waals surface area contributed by atoms with Gasteiger partial charge in [0, 0.05) is 11.8 Å². The lowest BCUT2D eigenvalue weighted by molar-refractivity contribution is -0.336. The molecule has 46 heavy (non-hydrogen) atoms. The first-order valence-electron chi connectivity index (χ1n) is 17.6. The quantitative estimate of drug-likeness (QED) is 0.181. The standard InChI is InChI=1S/C36H62O10/c1-19(17-37)9-8-12-35(6,46-31-30(44)29(43)28(42)22(18-38)45-31)20-10-13-34(5)27(20)21(39)15-24-33(34,4)14-11-23-32(2,3)25(40)16-26(41)36(23,24)7/h9,20-31,37-44H,8,10-18H2,1-7H3/b19-9+/t20-,21+,22+,23+,24-,25+,26-,27-,28+,29-,30+,31-,33+,34+,35-,36+/m0/s1. The zero-order valence-electron chi connectivity index (χ0n) is 29.0. The van der Waals surface area contributed by atoms with Gasteiger partial charge in [-0.2, -0.15) is 0 Å². The predicted molar refractivity (Wildman–Crippen MR) is 171 cm³/mol. The summed E-state index contributed by atoms with van der Waals surface area (Å²) in [6, 6.07) is 0. The van der Waals surface area contributed by atoms with E-state index in [0.717, 1.165) is 31.3 Å². The van der Waals surface area contributed by atoms with E-state index in [-0.39, 0.29) is 46.5 Å². The highest BCUT2D eigenvalue weighted by Crippen LogP contribution is 2.76. The summed E-state index contributed by atoms with van der Waals surface area (Å²) in [5.74, 6) is -0.155. The van der Waals surface area contributed by atoms with Crippen LogP contribution < -0.4 is 0 Å². The number of allylic oxidation sites excluding steroid dienone is 1. The van der Waals surface area contributed by atoms with Gasteiger partial charge in [-0.1, -0.05) is 46.3 Å². The van der Waals surface area contributed by atoms with Crippen molar-refractivity contribution in [2.24, 2.45) is 45.3 Å². The Morgan fingerprint density at radius 1 is 0.848 bits per heavy atom.